The lowest BCUT2D eigenvalue weighted by atomic mass is 10.1. The normalized spacial score (nSPS) is 18.7. The van der Waals surface area contributed by atoms with Crippen LogP contribution in [0.1, 0.15) is 11.1 Å². The van der Waals surface area contributed by atoms with Crippen molar-refractivity contribution in [2.24, 2.45) is 0 Å². The number of nitrogens with zero attached hydrogens (tertiary/aromatic N) is 2. The number of halogens is 3. The third-order valence-corrected chi connectivity index (χ3v) is 6.35. The molecule has 21 heavy (non-hydrogen) atoms. The number of aromatic nitrogens is 2. The van der Waals surface area contributed by atoms with Crippen molar-refractivity contribution in [2.45, 2.75) is 5.25 Å². The summed E-state index contributed by atoms with van der Waals surface area (Å²) in [4.78, 5) is 8.75. The molecule has 1 unspecified atom stereocenters. The van der Waals surface area contributed by atoms with Crippen molar-refractivity contribution in [2.75, 3.05) is 17.3 Å². The lowest BCUT2D eigenvalue weighted by molar-refractivity contribution is 0.628. The Morgan fingerprint density at radius 3 is 2.52 bits per heavy atom. The van der Waals surface area contributed by atoms with Crippen molar-refractivity contribution in [1.29, 1.82) is 0 Å². The summed E-state index contributed by atoms with van der Waals surface area (Å²) >= 11 is 16.2. The van der Waals surface area contributed by atoms with Gasteiger partial charge in [0.2, 0.25) is 0 Å². The van der Waals surface area contributed by atoms with Gasteiger partial charge in [-0.25, -0.2) is 14.4 Å². The summed E-state index contributed by atoms with van der Waals surface area (Å²) in [6.07, 6.45) is 0. The van der Waals surface area contributed by atoms with Crippen LogP contribution < -0.4 is 0 Å². The first-order valence-electron chi connectivity index (χ1n) is 6.33. The van der Waals surface area contributed by atoms with Gasteiger partial charge in [0.15, 0.2) is 0 Å². The fraction of sp³-hybridized carbons (Fsp3) is 0.286. The number of thioether (sulfide) groups is 2. The minimum Gasteiger partial charge on any atom is -0.219 e. The van der Waals surface area contributed by atoms with E-state index in [1.54, 1.807) is 12.1 Å². The molecule has 3 rings (SSSR count). The summed E-state index contributed by atoms with van der Waals surface area (Å²) in [5, 5.41) is 0.749. The van der Waals surface area contributed by atoms with Crippen LogP contribution in [0.2, 0.25) is 10.3 Å². The monoisotopic (exact) mass is 360 g/mol. The summed E-state index contributed by atoms with van der Waals surface area (Å²) in [6, 6.07) is 6.10. The molecule has 0 aliphatic carbocycles. The summed E-state index contributed by atoms with van der Waals surface area (Å²) < 4.78 is 13.4. The topological polar surface area (TPSA) is 25.8 Å². The van der Waals surface area contributed by atoms with Crippen LogP contribution in [0.3, 0.4) is 0 Å². The van der Waals surface area contributed by atoms with E-state index in [1.807, 2.05) is 23.5 Å². The molecule has 1 aromatic carbocycles. The molecule has 0 radical (unpaired) electrons. The lowest BCUT2D eigenvalue weighted by Crippen LogP contribution is -2.11. The van der Waals surface area contributed by atoms with Crippen molar-refractivity contribution in [3.8, 4) is 11.1 Å². The fourth-order valence-corrected chi connectivity index (χ4v) is 5.30. The van der Waals surface area contributed by atoms with E-state index in [1.165, 1.54) is 12.1 Å². The van der Waals surface area contributed by atoms with Gasteiger partial charge in [0, 0.05) is 17.3 Å². The summed E-state index contributed by atoms with van der Waals surface area (Å²) in [6.45, 7) is 0. The molecule has 0 spiro atoms. The van der Waals surface area contributed by atoms with Gasteiger partial charge in [0.1, 0.15) is 21.9 Å². The van der Waals surface area contributed by atoms with Crippen molar-refractivity contribution in [3.05, 3.63) is 46.2 Å². The predicted molar refractivity (Wildman–Crippen MR) is 90.0 cm³/mol. The van der Waals surface area contributed by atoms with E-state index < -0.39 is 0 Å². The minimum absolute atomic E-state index is 0.209. The van der Waals surface area contributed by atoms with Crippen LogP contribution in [-0.2, 0) is 0 Å². The Labute approximate surface area is 140 Å². The molecule has 0 saturated carbocycles. The van der Waals surface area contributed by atoms with Gasteiger partial charge < -0.3 is 0 Å². The highest BCUT2D eigenvalue weighted by atomic mass is 35.5. The van der Waals surface area contributed by atoms with Gasteiger partial charge in [-0.05, 0) is 17.7 Å². The molecular formula is C14H11Cl2FN2S2. The van der Waals surface area contributed by atoms with E-state index in [0.29, 0.717) is 17.0 Å². The van der Waals surface area contributed by atoms with Crippen LogP contribution in [0.15, 0.2) is 24.3 Å². The first-order chi connectivity index (χ1) is 10.1. The number of hydrogen-bond acceptors (Lipinski definition) is 4. The number of rotatable bonds is 2. The summed E-state index contributed by atoms with van der Waals surface area (Å²) in [7, 11) is 0. The van der Waals surface area contributed by atoms with Crippen LogP contribution in [-0.4, -0.2) is 27.2 Å². The van der Waals surface area contributed by atoms with Crippen LogP contribution in [0.25, 0.3) is 11.1 Å². The van der Waals surface area contributed by atoms with Gasteiger partial charge in [-0.1, -0.05) is 35.3 Å². The summed E-state index contributed by atoms with van der Waals surface area (Å²) in [5.41, 5.74) is 1.07. The molecule has 1 fully saturated rings. The van der Waals surface area contributed by atoms with Gasteiger partial charge in [0.05, 0.1) is 10.8 Å². The van der Waals surface area contributed by atoms with E-state index in [2.05, 4.69) is 9.97 Å². The Balaban J connectivity index is 2.00. The third kappa shape index (κ3) is 3.47. The molecular weight excluding hydrogens is 350 g/mol. The largest absolute Gasteiger partial charge is 0.219 e. The van der Waals surface area contributed by atoms with Crippen LogP contribution >= 0.6 is 46.7 Å². The quantitative estimate of drug-likeness (QED) is 0.694. The number of benzene rings is 1. The van der Waals surface area contributed by atoms with Crippen molar-refractivity contribution < 1.29 is 4.39 Å². The zero-order valence-corrected chi connectivity index (χ0v) is 14.0. The summed E-state index contributed by atoms with van der Waals surface area (Å²) in [5.74, 6) is 3.48. The first-order valence-corrected chi connectivity index (χ1v) is 9.29. The molecule has 110 valence electrons. The first kappa shape index (κ1) is 15.4. The molecule has 1 saturated heterocycles. The maximum atomic E-state index is 13.4. The molecule has 2 aromatic rings. The highest BCUT2D eigenvalue weighted by Crippen LogP contribution is 2.39. The Bertz CT molecular complexity index is 640. The van der Waals surface area contributed by atoms with E-state index in [9.17, 15) is 4.39 Å². The Kier molecular flexibility index (Phi) is 4.94. The van der Waals surface area contributed by atoms with Gasteiger partial charge in [0.25, 0.3) is 0 Å². The van der Waals surface area contributed by atoms with Crippen molar-refractivity contribution in [1.82, 2.24) is 9.97 Å². The molecule has 1 aliphatic heterocycles. The number of hydrogen-bond donors (Lipinski definition) is 0. The van der Waals surface area contributed by atoms with E-state index >= 15 is 0 Å². The SMILES string of the molecule is Fc1cccc(-c2c(Cl)nc(C3CSCCS3)nc2Cl)c1. The Hall–Kier alpha value is -0.490. The van der Waals surface area contributed by atoms with Crippen LogP contribution in [0.5, 0.6) is 0 Å². The van der Waals surface area contributed by atoms with Gasteiger partial charge >= 0.3 is 0 Å². The zero-order chi connectivity index (χ0) is 14.8. The van der Waals surface area contributed by atoms with E-state index in [4.69, 9.17) is 23.2 Å². The maximum absolute atomic E-state index is 13.4. The predicted octanol–water partition coefficient (Wildman–Crippen LogP) is 5.11. The second-order valence-electron chi connectivity index (χ2n) is 4.48. The highest BCUT2D eigenvalue weighted by Gasteiger charge is 2.22. The highest BCUT2D eigenvalue weighted by molar-refractivity contribution is 8.06. The van der Waals surface area contributed by atoms with Crippen molar-refractivity contribution in [3.63, 3.8) is 0 Å². The average molecular weight is 361 g/mol. The third-order valence-electron chi connectivity index (χ3n) is 3.06. The molecule has 1 atom stereocenters. The average Bonchev–Trinajstić information content (AvgIpc) is 2.47. The van der Waals surface area contributed by atoms with E-state index in [-0.39, 0.29) is 21.4 Å². The second-order valence-corrected chi connectivity index (χ2v) is 7.66. The minimum atomic E-state index is -0.344. The van der Waals surface area contributed by atoms with Crippen LogP contribution in [0.4, 0.5) is 4.39 Å². The molecule has 2 heterocycles. The molecule has 0 amide bonds. The Morgan fingerprint density at radius 1 is 1.14 bits per heavy atom. The molecule has 0 N–H and O–H groups in total. The van der Waals surface area contributed by atoms with Gasteiger partial charge in [-0.15, -0.1) is 11.8 Å². The second kappa shape index (κ2) is 6.73. The molecule has 2 nitrogen and oxygen atoms in total. The zero-order valence-electron chi connectivity index (χ0n) is 10.9. The molecule has 7 heteroatoms. The smallest absolute Gasteiger partial charge is 0.145 e. The maximum Gasteiger partial charge on any atom is 0.145 e. The Morgan fingerprint density at radius 2 is 1.90 bits per heavy atom. The molecule has 1 aromatic heterocycles. The van der Waals surface area contributed by atoms with Crippen LogP contribution in [0, 0.1) is 5.82 Å². The lowest BCUT2D eigenvalue weighted by Gasteiger charge is -2.20. The molecule has 0 bridgehead atoms. The van der Waals surface area contributed by atoms with Gasteiger partial charge in [-0.2, -0.15) is 11.8 Å². The standard InChI is InChI=1S/C14H11Cl2FN2S2/c15-12-11(8-2-1-3-9(17)6-8)13(16)19-14(18-12)10-7-20-4-5-21-10/h1-3,6,10H,4-5,7H2. The van der Waals surface area contributed by atoms with E-state index in [0.717, 1.165) is 17.3 Å². The fourth-order valence-electron chi connectivity index (χ4n) is 2.09. The molecule has 1 aliphatic rings. The van der Waals surface area contributed by atoms with Crippen molar-refractivity contribution >= 4 is 46.7 Å². The van der Waals surface area contributed by atoms with Gasteiger partial charge in [-0.3, -0.25) is 0 Å².